The second kappa shape index (κ2) is 8.16. The molecular formula is C14H20O3S. The molecule has 0 spiro atoms. The highest BCUT2D eigenvalue weighted by molar-refractivity contribution is 8.00. The number of ether oxygens (including phenoxy) is 2. The van der Waals surface area contributed by atoms with Crippen molar-refractivity contribution in [3.05, 3.63) is 29.8 Å². The van der Waals surface area contributed by atoms with E-state index in [-0.39, 0.29) is 12.1 Å². The first-order valence-electron chi connectivity index (χ1n) is 6.05. The van der Waals surface area contributed by atoms with Gasteiger partial charge in [-0.3, -0.25) is 4.79 Å². The monoisotopic (exact) mass is 268 g/mol. The molecule has 0 heterocycles. The van der Waals surface area contributed by atoms with Crippen LogP contribution in [0.2, 0.25) is 0 Å². The Balaban J connectivity index is 2.19. The smallest absolute Gasteiger partial charge is 0.316 e. The molecule has 0 amide bonds. The van der Waals surface area contributed by atoms with E-state index in [4.69, 9.17) is 9.47 Å². The van der Waals surface area contributed by atoms with Gasteiger partial charge in [0.15, 0.2) is 0 Å². The van der Waals surface area contributed by atoms with Gasteiger partial charge in [-0.1, -0.05) is 18.2 Å². The molecule has 18 heavy (non-hydrogen) atoms. The number of carbonyl (C=O) groups is 1. The Bertz CT molecular complexity index is 377. The number of rotatable bonds is 7. The fourth-order valence-corrected chi connectivity index (χ4v) is 2.16. The van der Waals surface area contributed by atoms with Crippen LogP contribution in [-0.4, -0.2) is 31.0 Å². The molecule has 0 N–H and O–H groups in total. The number of carbonyl (C=O) groups excluding carboxylic acids is 1. The molecule has 0 bridgehead atoms. The highest BCUT2D eigenvalue weighted by Gasteiger charge is 2.05. The van der Waals surface area contributed by atoms with Crippen molar-refractivity contribution in [2.45, 2.75) is 31.8 Å². The van der Waals surface area contributed by atoms with Crippen molar-refractivity contribution in [2.24, 2.45) is 0 Å². The Hall–Kier alpha value is -1.00. The summed E-state index contributed by atoms with van der Waals surface area (Å²) in [6, 6.07) is 8.00. The van der Waals surface area contributed by atoms with Gasteiger partial charge in [0.05, 0.1) is 18.5 Å². The average Bonchev–Trinajstić information content (AvgIpc) is 2.33. The minimum Gasteiger partial charge on any atom is -0.463 e. The van der Waals surface area contributed by atoms with Crippen LogP contribution in [0.25, 0.3) is 0 Å². The predicted octanol–water partition coefficient (Wildman–Crippen LogP) is 3.06. The van der Waals surface area contributed by atoms with Crippen LogP contribution in [-0.2, 0) is 14.3 Å². The van der Waals surface area contributed by atoms with Gasteiger partial charge in [-0.05, 0) is 32.4 Å². The van der Waals surface area contributed by atoms with Gasteiger partial charge >= 0.3 is 5.97 Å². The van der Waals surface area contributed by atoms with E-state index < -0.39 is 0 Å². The Labute approximate surface area is 113 Å². The molecular weight excluding hydrogens is 248 g/mol. The number of hydrogen-bond acceptors (Lipinski definition) is 4. The molecule has 0 saturated heterocycles. The van der Waals surface area contributed by atoms with E-state index in [1.807, 2.05) is 45.0 Å². The minimum absolute atomic E-state index is 0.171. The number of benzene rings is 1. The lowest BCUT2D eigenvalue weighted by Crippen LogP contribution is -2.14. The molecule has 0 aliphatic carbocycles. The zero-order valence-corrected chi connectivity index (χ0v) is 12.0. The maximum Gasteiger partial charge on any atom is 0.316 e. The van der Waals surface area contributed by atoms with Gasteiger partial charge < -0.3 is 9.47 Å². The summed E-state index contributed by atoms with van der Waals surface area (Å²) in [6.45, 7) is 6.72. The summed E-state index contributed by atoms with van der Waals surface area (Å²) in [5, 5.41) is 0. The molecule has 0 radical (unpaired) electrons. The molecule has 1 aromatic rings. The highest BCUT2D eigenvalue weighted by atomic mass is 32.2. The summed E-state index contributed by atoms with van der Waals surface area (Å²) >= 11 is 1.50. The normalized spacial score (nSPS) is 10.7. The fraction of sp³-hybridized carbons (Fsp3) is 0.500. The molecule has 1 aromatic carbocycles. The molecule has 0 saturated carbocycles. The third kappa shape index (κ3) is 6.07. The van der Waals surface area contributed by atoms with Gasteiger partial charge in [0.2, 0.25) is 0 Å². The lowest BCUT2D eigenvalue weighted by Gasteiger charge is -2.08. The standard InChI is InChI=1S/C14H20O3S/c1-11(2)16-8-9-17-14(15)10-18-13-7-5-4-6-12(13)3/h4-7,11H,8-10H2,1-3H3. The Morgan fingerprint density at radius 2 is 2.00 bits per heavy atom. The van der Waals surface area contributed by atoms with E-state index in [0.717, 1.165) is 4.90 Å². The van der Waals surface area contributed by atoms with Crippen molar-refractivity contribution in [3.63, 3.8) is 0 Å². The van der Waals surface area contributed by atoms with Crippen LogP contribution in [0.3, 0.4) is 0 Å². The molecule has 0 aliphatic rings. The summed E-state index contributed by atoms with van der Waals surface area (Å²) in [4.78, 5) is 12.6. The third-order valence-electron chi connectivity index (χ3n) is 2.24. The van der Waals surface area contributed by atoms with E-state index in [9.17, 15) is 4.79 Å². The Morgan fingerprint density at radius 3 is 2.67 bits per heavy atom. The number of esters is 1. The van der Waals surface area contributed by atoms with Crippen LogP contribution in [0.5, 0.6) is 0 Å². The molecule has 0 aromatic heterocycles. The summed E-state index contributed by atoms with van der Waals surface area (Å²) < 4.78 is 10.4. The van der Waals surface area contributed by atoms with Crippen LogP contribution < -0.4 is 0 Å². The average molecular weight is 268 g/mol. The zero-order valence-electron chi connectivity index (χ0n) is 11.1. The molecule has 0 atom stereocenters. The predicted molar refractivity (Wildman–Crippen MR) is 74.0 cm³/mol. The first-order chi connectivity index (χ1) is 8.59. The van der Waals surface area contributed by atoms with E-state index in [2.05, 4.69) is 0 Å². The van der Waals surface area contributed by atoms with Crippen LogP contribution in [0, 0.1) is 6.92 Å². The summed E-state index contributed by atoms with van der Waals surface area (Å²) in [5.74, 6) is 0.141. The molecule has 0 fully saturated rings. The fourth-order valence-electron chi connectivity index (χ4n) is 1.34. The summed E-state index contributed by atoms with van der Waals surface area (Å²) in [6.07, 6.45) is 0.171. The van der Waals surface area contributed by atoms with Gasteiger partial charge in [0, 0.05) is 4.90 Å². The van der Waals surface area contributed by atoms with Gasteiger partial charge in [-0.2, -0.15) is 0 Å². The van der Waals surface area contributed by atoms with Gasteiger partial charge in [0.1, 0.15) is 6.61 Å². The van der Waals surface area contributed by atoms with Crippen LogP contribution >= 0.6 is 11.8 Å². The van der Waals surface area contributed by atoms with Crippen molar-refractivity contribution in [2.75, 3.05) is 19.0 Å². The first-order valence-corrected chi connectivity index (χ1v) is 7.04. The molecule has 0 unspecified atom stereocenters. The van der Waals surface area contributed by atoms with Gasteiger partial charge in [-0.15, -0.1) is 11.8 Å². The van der Waals surface area contributed by atoms with Crippen molar-refractivity contribution in [3.8, 4) is 0 Å². The Morgan fingerprint density at radius 1 is 1.28 bits per heavy atom. The quantitative estimate of drug-likeness (QED) is 0.432. The SMILES string of the molecule is Cc1ccccc1SCC(=O)OCCOC(C)C. The van der Waals surface area contributed by atoms with Crippen molar-refractivity contribution >= 4 is 17.7 Å². The lowest BCUT2D eigenvalue weighted by molar-refractivity contribution is -0.142. The summed E-state index contributed by atoms with van der Waals surface area (Å²) in [7, 11) is 0. The second-order valence-electron chi connectivity index (χ2n) is 4.19. The number of hydrogen-bond donors (Lipinski definition) is 0. The molecule has 0 aliphatic heterocycles. The van der Waals surface area contributed by atoms with Crippen molar-refractivity contribution in [1.82, 2.24) is 0 Å². The maximum atomic E-state index is 11.5. The van der Waals surface area contributed by atoms with E-state index in [1.54, 1.807) is 0 Å². The Kier molecular flexibility index (Phi) is 6.83. The minimum atomic E-state index is -0.199. The lowest BCUT2D eigenvalue weighted by atomic mass is 10.2. The number of aryl methyl sites for hydroxylation is 1. The van der Waals surface area contributed by atoms with Gasteiger partial charge in [0.25, 0.3) is 0 Å². The summed E-state index contributed by atoms with van der Waals surface area (Å²) in [5.41, 5.74) is 1.18. The van der Waals surface area contributed by atoms with Crippen LogP contribution in [0.4, 0.5) is 0 Å². The second-order valence-corrected chi connectivity index (χ2v) is 5.21. The molecule has 1 rings (SSSR count). The van der Waals surface area contributed by atoms with E-state index >= 15 is 0 Å². The van der Waals surface area contributed by atoms with Crippen LogP contribution in [0.1, 0.15) is 19.4 Å². The molecule has 100 valence electrons. The zero-order chi connectivity index (χ0) is 13.4. The largest absolute Gasteiger partial charge is 0.463 e. The third-order valence-corrected chi connectivity index (χ3v) is 3.39. The highest BCUT2D eigenvalue weighted by Crippen LogP contribution is 2.21. The van der Waals surface area contributed by atoms with Crippen LogP contribution in [0.15, 0.2) is 29.2 Å². The molecule has 4 heteroatoms. The maximum absolute atomic E-state index is 11.5. The van der Waals surface area contributed by atoms with Gasteiger partial charge in [-0.25, -0.2) is 0 Å². The first kappa shape index (κ1) is 15.1. The van der Waals surface area contributed by atoms with E-state index in [0.29, 0.717) is 19.0 Å². The topological polar surface area (TPSA) is 35.5 Å². The van der Waals surface area contributed by atoms with Crippen molar-refractivity contribution < 1.29 is 14.3 Å². The van der Waals surface area contributed by atoms with E-state index in [1.165, 1.54) is 17.3 Å². The van der Waals surface area contributed by atoms with Crippen molar-refractivity contribution in [1.29, 1.82) is 0 Å². The molecule has 3 nitrogen and oxygen atoms in total. The number of thioether (sulfide) groups is 1.